The SMILES string of the molecule is C=C1[C-]=c2ccccc2=C1.C=C1[C-]=c2ccccc2=C1.C[SiH]C.[C-](=CC=Cc1ccccc1)c1ccccc1.[Zr+3]. The van der Waals surface area contributed by atoms with Crippen molar-refractivity contribution in [2.75, 3.05) is 0 Å². The Labute approximate surface area is 261 Å². The van der Waals surface area contributed by atoms with Crippen LogP contribution < -0.4 is 20.9 Å². The van der Waals surface area contributed by atoms with Crippen LogP contribution in [0.25, 0.3) is 30.4 Å². The van der Waals surface area contributed by atoms with E-state index in [0.29, 0.717) is 0 Å². The van der Waals surface area contributed by atoms with E-state index in [1.807, 2.05) is 109 Å². The number of hydrogen-bond donors (Lipinski definition) is 0. The normalized spacial score (nSPS) is 11.8. The molecular formula is C38H34SiZr. The summed E-state index contributed by atoms with van der Waals surface area (Å²) in [5.74, 6) is 0. The van der Waals surface area contributed by atoms with Gasteiger partial charge in [-0.3, -0.25) is 0 Å². The van der Waals surface area contributed by atoms with Crippen molar-refractivity contribution < 1.29 is 26.2 Å². The molecule has 4 aromatic rings. The fourth-order valence-corrected chi connectivity index (χ4v) is 3.67. The Morgan fingerprint density at radius 3 is 1.52 bits per heavy atom. The van der Waals surface area contributed by atoms with E-state index in [9.17, 15) is 0 Å². The summed E-state index contributed by atoms with van der Waals surface area (Å²) in [4.78, 5) is 0. The Morgan fingerprint density at radius 1 is 0.625 bits per heavy atom. The zero-order valence-corrected chi connectivity index (χ0v) is 26.9. The van der Waals surface area contributed by atoms with Crippen LogP contribution in [0.2, 0.25) is 13.1 Å². The van der Waals surface area contributed by atoms with E-state index >= 15 is 0 Å². The summed E-state index contributed by atoms with van der Waals surface area (Å²) in [5.41, 5.74) is 4.25. The van der Waals surface area contributed by atoms with Crippen LogP contribution >= 0.6 is 0 Å². The quantitative estimate of drug-likeness (QED) is 0.152. The Bertz CT molecular complexity index is 1460. The molecule has 0 saturated carbocycles. The van der Waals surface area contributed by atoms with Crippen molar-refractivity contribution in [3.05, 3.63) is 184 Å². The van der Waals surface area contributed by atoms with Crippen LogP contribution in [-0.4, -0.2) is 9.52 Å². The zero-order chi connectivity index (χ0) is 27.7. The van der Waals surface area contributed by atoms with E-state index in [1.165, 1.54) is 16.0 Å². The molecule has 0 spiro atoms. The van der Waals surface area contributed by atoms with E-state index in [2.05, 4.69) is 74.8 Å². The number of rotatable bonds is 3. The maximum atomic E-state index is 3.80. The van der Waals surface area contributed by atoms with Crippen LogP contribution in [0.3, 0.4) is 0 Å². The molecule has 2 radical (unpaired) electrons. The molecule has 0 fully saturated rings. The molecule has 0 aromatic heterocycles. The van der Waals surface area contributed by atoms with Gasteiger partial charge in [0.1, 0.15) is 0 Å². The Morgan fingerprint density at radius 2 is 1.05 bits per heavy atom. The summed E-state index contributed by atoms with van der Waals surface area (Å²) < 4.78 is 0. The maximum absolute atomic E-state index is 3.80. The molecule has 0 heterocycles. The van der Waals surface area contributed by atoms with Gasteiger partial charge in [0, 0.05) is 9.52 Å². The van der Waals surface area contributed by atoms with Crippen molar-refractivity contribution in [1.29, 1.82) is 0 Å². The molecule has 0 N–H and O–H groups in total. The van der Waals surface area contributed by atoms with E-state index < -0.39 is 0 Å². The van der Waals surface area contributed by atoms with Gasteiger partial charge in [0.25, 0.3) is 0 Å². The number of allylic oxidation sites excluding steroid dienone is 4. The molecule has 0 aliphatic heterocycles. The van der Waals surface area contributed by atoms with Crippen LogP contribution in [0.4, 0.5) is 0 Å². The van der Waals surface area contributed by atoms with Crippen LogP contribution in [0.15, 0.2) is 146 Å². The minimum absolute atomic E-state index is 0. The molecule has 0 unspecified atom stereocenters. The molecule has 4 aromatic carbocycles. The summed E-state index contributed by atoms with van der Waals surface area (Å²) in [6, 6.07) is 36.6. The molecular weight excluding hydrogens is 576 g/mol. The predicted molar refractivity (Wildman–Crippen MR) is 173 cm³/mol. The second-order valence-corrected chi connectivity index (χ2v) is 9.94. The van der Waals surface area contributed by atoms with Gasteiger partial charge < -0.3 is 0 Å². The number of fused-ring (bicyclic) bond motifs is 2. The Hall–Kier alpha value is -3.58. The first-order valence-corrected chi connectivity index (χ1v) is 15.3. The molecule has 0 nitrogen and oxygen atoms in total. The van der Waals surface area contributed by atoms with Crippen LogP contribution in [-0.2, 0) is 26.2 Å². The van der Waals surface area contributed by atoms with Crippen LogP contribution in [0, 0.1) is 6.08 Å². The fourth-order valence-electron chi connectivity index (χ4n) is 3.67. The van der Waals surface area contributed by atoms with Crippen molar-refractivity contribution >= 4 is 39.9 Å². The van der Waals surface area contributed by atoms with Gasteiger partial charge in [0.15, 0.2) is 0 Å². The predicted octanol–water partition coefficient (Wildman–Crippen LogP) is 6.01. The smallest absolute Gasteiger partial charge is 0.156 e. The summed E-state index contributed by atoms with van der Waals surface area (Å²) in [5, 5.41) is 4.78. The average molecular weight is 610 g/mol. The molecule has 0 saturated heterocycles. The zero-order valence-electron chi connectivity index (χ0n) is 23.3. The third-order valence-electron chi connectivity index (χ3n) is 5.38. The Kier molecular flexibility index (Phi) is 15.2. The summed E-state index contributed by atoms with van der Waals surface area (Å²) in [7, 11) is 0.750. The molecule has 2 aliphatic rings. The van der Waals surface area contributed by atoms with Crippen LogP contribution in [0.5, 0.6) is 0 Å². The minimum atomic E-state index is 0. The fraction of sp³-hybridized carbons (Fsp3) is 0.0526. The van der Waals surface area contributed by atoms with Crippen molar-refractivity contribution in [1.82, 2.24) is 0 Å². The average Bonchev–Trinajstić information content (AvgIpc) is 3.54. The summed E-state index contributed by atoms with van der Waals surface area (Å²) in [6.45, 7) is 12.0. The van der Waals surface area contributed by atoms with Crippen molar-refractivity contribution in [3.8, 4) is 0 Å². The van der Waals surface area contributed by atoms with Gasteiger partial charge in [-0.15, -0.1) is 117 Å². The van der Waals surface area contributed by atoms with E-state index in [-0.39, 0.29) is 26.2 Å². The van der Waals surface area contributed by atoms with Gasteiger partial charge in [-0.1, -0.05) is 92.0 Å². The van der Waals surface area contributed by atoms with Gasteiger partial charge in [-0.05, 0) is 5.56 Å². The first-order chi connectivity index (χ1) is 19.1. The maximum Gasteiger partial charge on any atom is 3.00 e. The third-order valence-corrected chi connectivity index (χ3v) is 5.38. The topological polar surface area (TPSA) is 0 Å². The Balaban J connectivity index is 0.000000204. The molecule has 6 rings (SSSR count). The van der Waals surface area contributed by atoms with Gasteiger partial charge in [-0.2, -0.15) is 13.2 Å². The molecule has 0 bridgehead atoms. The first kappa shape index (κ1) is 32.6. The van der Waals surface area contributed by atoms with E-state index in [0.717, 1.165) is 36.7 Å². The molecule has 0 atom stereocenters. The van der Waals surface area contributed by atoms with Gasteiger partial charge in [0.2, 0.25) is 0 Å². The standard InChI is InChI=1S/C16H13.2C10H7.C2H7Si.Zr/c1-3-9-15(10-4-1)13-7-8-14-16-11-5-2-6-12-16;2*1-8-6-9-4-2-3-5-10(9)7-8;1-3-2;/h1-13H;2*2-6H,1H2;3H,1-2H3;/q3*-1;;+3. The second-order valence-electron chi connectivity index (χ2n) is 8.79. The summed E-state index contributed by atoms with van der Waals surface area (Å²) >= 11 is 0. The van der Waals surface area contributed by atoms with Gasteiger partial charge in [-0.25, -0.2) is 0 Å². The van der Waals surface area contributed by atoms with Gasteiger partial charge in [0.05, 0.1) is 0 Å². The van der Waals surface area contributed by atoms with Crippen LogP contribution in [0.1, 0.15) is 11.1 Å². The third kappa shape index (κ3) is 11.7. The molecule has 40 heavy (non-hydrogen) atoms. The van der Waals surface area contributed by atoms with Crippen molar-refractivity contribution in [2.24, 2.45) is 0 Å². The molecule has 2 aliphatic carbocycles. The molecule has 2 heteroatoms. The monoisotopic (exact) mass is 608 g/mol. The molecule has 194 valence electrons. The number of hydrogen-bond acceptors (Lipinski definition) is 0. The van der Waals surface area contributed by atoms with E-state index in [4.69, 9.17) is 0 Å². The molecule has 0 amide bonds. The summed E-state index contributed by atoms with van der Waals surface area (Å²) in [6.07, 6.45) is 19.6. The van der Waals surface area contributed by atoms with Crippen molar-refractivity contribution in [2.45, 2.75) is 13.1 Å². The minimum Gasteiger partial charge on any atom is -0.156 e. The second kappa shape index (κ2) is 18.7. The first-order valence-electron chi connectivity index (χ1n) is 13.0. The van der Waals surface area contributed by atoms with E-state index in [1.54, 1.807) is 0 Å². The van der Waals surface area contributed by atoms with Gasteiger partial charge >= 0.3 is 26.2 Å². The largest absolute Gasteiger partial charge is 3.00 e. The van der Waals surface area contributed by atoms with Crippen molar-refractivity contribution in [3.63, 3.8) is 0 Å². The number of benzene rings is 4.